The summed E-state index contributed by atoms with van der Waals surface area (Å²) in [5.74, 6) is 0.848. The molecule has 0 unspecified atom stereocenters. The topological polar surface area (TPSA) is 36.4 Å². The molecule has 0 fully saturated rings. The summed E-state index contributed by atoms with van der Waals surface area (Å²) in [4.78, 5) is 0. The number of amidine groups is 1. The second kappa shape index (κ2) is 8.46. The van der Waals surface area contributed by atoms with E-state index in [4.69, 9.17) is 0 Å². The Kier molecular flexibility index (Phi) is 5.81. The number of benzene rings is 3. The largest absolute Gasteiger partial charge is 0.340 e. The maximum Gasteiger partial charge on any atom is 0.156 e. The van der Waals surface area contributed by atoms with Crippen molar-refractivity contribution in [2.45, 2.75) is 6.92 Å². The average Bonchev–Trinajstić information content (AvgIpc) is 2.67. The maximum absolute atomic E-state index is 4.49. The predicted octanol–water partition coefficient (Wildman–Crippen LogP) is 3.51. The Hall–Kier alpha value is -2.64. The van der Waals surface area contributed by atoms with Gasteiger partial charge in [0.15, 0.2) is 5.84 Å². The molecule has 0 saturated carbocycles. The van der Waals surface area contributed by atoms with Crippen molar-refractivity contribution in [3.05, 3.63) is 96.1 Å². The normalized spacial score (nSPS) is 11.4. The van der Waals surface area contributed by atoms with Gasteiger partial charge in [0.1, 0.15) is 0 Å². The molecular formula is C21H22N3P. The highest BCUT2D eigenvalue weighted by Crippen LogP contribution is 2.29. The van der Waals surface area contributed by atoms with Crippen molar-refractivity contribution >= 4 is 24.5 Å². The molecule has 0 radical (unpaired) electrons. The molecule has 0 amide bonds. The third-order valence-electron chi connectivity index (χ3n) is 3.80. The number of aryl methyl sites for hydroxylation is 1. The van der Waals surface area contributed by atoms with Crippen molar-refractivity contribution in [1.29, 1.82) is 0 Å². The molecule has 3 aromatic rings. The highest BCUT2D eigenvalue weighted by molar-refractivity contribution is 7.71. The van der Waals surface area contributed by atoms with E-state index in [1.165, 1.54) is 16.2 Å². The summed E-state index contributed by atoms with van der Waals surface area (Å²) in [6, 6.07) is 29.5. The summed E-state index contributed by atoms with van der Waals surface area (Å²) in [6.45, 7) is 2.09. The van der Waals surface area contributed by atoms with E-state index in [9.17, 15) is 0 Å². The number of hydrogen-bond acceptors (Lipinski definition) is 2. The smallest absolute Gasteiger partial charge is 0.156 e. The van der Waals surface area contributed by atoms with Crippen LogP contribution in [0.5, 0.6) is 0 Å². The van der Waals surface area contributed by atoms with Crippen LogP contribution in [0.25, 0.3) is 0 Å². The zero-order chi connectivity index (χ0) is 17.5. The van der Waals surface area contributed by atoms with Gasteiger partial charge < -0.3 is 10.5 Å². The van der Waals surface area contributed by atoms with Gasteiger partial charge in [-0.05, 0) is 6.92 Å². The monoisotopic (exact) mass is 347 g/mol. The van der Waals surface area contributed by atoms with Crippen molar-refractivity contribution in [2.75, 3.05) is 7.05 Å². The lowest BCUT2D eigenvalue weighted by molar-refractivity contribution is 0.894. The highest BCUT2D eigenvalue weighted by atomic mass is 31.1. The number of hydrogen-bond donors (Lipinski definition) is 2. The third-order valence-corrected chi connectivity index (χ3v) is 5.86. The van der Waals surface area contributed by atoms with E-state index in [0.29, 0.717) is 0 Å². The Bertz CT molecular complexity index is 775. The zero-order valence-electron chi connectivity index (χ0n) is 14.5. The van der Waals surface area contributed by atoms with Gasteiger partial charge >= 0.3 is 0 Å². The van der Waals surface area contributed by atoms with E-state index in [0.717, 1.165) is 11.4 Å². The minimum atomic E-state index is -0.754. The lowest BCUT2D eigenvalue weighted by Gasteiger charge is -2.22. The van der Waals surface area contributed by atoms with E-state index < -0.39 is 8.07 Å². The van der Waals surface area contributed by atoms with E-state index in [-0.39, 0.29) is 0 Å². The van der Waals surface area contributed by atoms with E-state index in [2.05, 4.69) is 95.3 Å². The van der Waals surface area contributed by atoms with Gasteiger partial charge in [0.2, 0.25) is 0 Å². The fraction of sp³-hybridized carbons (Fsp3) is 0.0952. The summed E-state index contributed by atoms with van der Waals surface area (Å²) in [5, 5.41) is 10.7. The van der Waals surface area contributed by atoms with Gasteiger partial charge in [-0.1, -0.05) is 90.5 Å². The average molecular weight is 347 g/mol. The van der Waals surface area contributed by atoms with Crippen LogP contribution in [0.15, 0.2) is 90.0 Å². The Labute approximate surface area is 150 Å². The van der Waals surface area contributed by atoms with Gasteiger partial charge in [-0.3, -0.25) is 0 Å². The lowest BCUT2D eigenvalue weighted by atomic mass is 10.1. The van der Waals surface area contributed by atoms with E-state index >= 15 is 0 Å². The van der Waals surface area contributed by atoms with Crippen LogP contribution in [-0.4, -0.2) is 12.9 Å². The van der Waals surface area contributed by atoms with E-state index in [1.54, 1.807) is 0 Å². The summed E-state index contributed by atoms with van der Waals surface area (Å²) in [6.07, 6.45) is 0. The van der Waals surface area contributed by atoms with E-state index in [1.807, 2.05) is 19.2 Å². The molecule has 4 heteroatoms. The van der Waals surface area contributed by atoms with Gasteiger partial charge in [0.25, 0.3) is 0 Å². The summed E-state index contributed by atoms with van der Waals surface area (Å²) in [5.41, 5.74) is 5.23. The Morgan fingerprint density at radius 1 is 0.760 bits per heavy atom. The summed E-state index contributed by atoms with van der Waals surface area (Å²) in [7, 11) is 1.07. The van der Waals surface area contributed by atoms with Gasteiger partial charge in [-0.15, -0.1) is 0 Å². The molecule has 0 heterocycles. The molecule has 126 valence electrons. The molecule has 25 heavy (non-hydrogen) atoms. The molecule has 0 aliphatic carbocycles. The molecular weight excluding hydrogens is 325 g/mol. The van der Waals surface area contributed by atoms with Gasteiger partial charge in [-0.25, -0.2) is 0 Å². The SMILES string of the molecule is CNN=C(NP(c1ccccc1)c1ccccc1)c1ccc(C)cc1. The maximum atomic E-state index is 4.49. The van der Waals surface area contributed by atoms with Crippen LogP contribution >= 0.6 is 8.07 Å². The van der Waals surface area contributed by atoms with Crippen molar-refractivity contribution in [1.82, 2.24) is 10.5 Å². The number of rotatable bonds is 5. The second-order valence-corrected chi connectivity index (χ2v) is 7.60. The number of hydrazone groups is 1. The fourth-order valence-electron chi connectivity index (χ4n) is 2.52. The molecule has 0 atom stereocenters. The summed E-state index contributed by atoms with van der Waals surface area (Å²) >= 11 is 0. The van der Waals surface area contributed by atoms with Gasteiger partial charge in [0.05, 0.1) is 8.07 Å². The lowest BCUT2D eigenvalue weighted by Crippen LogP contribution is -2.30. The Morgan fingerprint density at radius 3 is 1.76 bits per heavy atom. The minimum absolute atomic E-state index is 0.754. The van der Waals surface area contributed by atoms with Gasteiger partial charge in [-0.2, -0.15) is 5.10 Å². The molecule has 0 aromatic heterocycles. The van der Waals surface area contributed by atoms with Gasteiger partial charge in [0, 0.05) is 23.2 Å². The molecule has 3 nitrogen and oxygen atoms in total. The molecule has 0 aliphatic rings. The predicted molar refractivity (Wildman–Crippen MR) is 109 cm³/mol. The molecule has 3 rings (SSSR count). The van der Waals surface area contributed by atoms with Crippen molar-refractivity contribution < 1.29 is 0 Å². The van der Waals surface area contributed by atoms with Crippen LogP contribution in [0.1, 0.15) is 11.1 Å². The van der Waals surface area contributed by atoms with Crippen LogP contribution in [0.2, 0.25) is 0 Å². The standard InChI is InChI=1S/C21H22N3P/c1-17-13-15-18(16-14-17)21(23-22-2)24-25(19-9-5-3-6-10-19)20-11-7-4-8-12-20/h3-16,22H,1-2H3,(H,23,24). The van der Waals surface area contributed by atoms with Crippen LogP contribution in [0.4, 0.5) is 0 Å². The Morgan fingerprint density at radius 2 is 1.28 bits per heavy atom. The molecule has 0 bridgehead atoms. The van der Waals surface area contributed by atoms with Crippen molar-refractivity contribution in [3.63, 3.8) is 0 Å². The number of nitrogens with one attached hydrogen (secondary N) is 2. The minimum Gasteiger partial charge on any atom is -0.340 e. The van der Waals surface area contributed by atoms with Crippen LogP contribution in [0.3, 0.4) is 0 Å². The first kappa shape index (κ1) is 17.2. The van der Waals surface area contributed by atoms with Crippen molar-refractivity contribution in [2.24, 2.45) is 5.10 Å². The molecule has 2 N–H and O–H groups in total. The van der Waals surface area contributed by atoms with Crippen LogP contribution in [0, 0.1) is 6.92 Å². The zero-order valence-corrected chi connectivity index (χ0v) is 15.4. The highest BCUT2D eigenvalue weighted by Gasteiger charge is 2.16. The first-order valence-corrected chi connectivity index (χ1v) is 9.60. The molecule has 0 aliphatic heterocycles. The fourth-order valence-corrected chi connectivity index (χ4v) is 4.40. The molecule has 0 saturated heterocycles. The first-order valence-electron chi connectivity index (χ1n) is 8.26. The summed E-state index contributed by atoms with van der Waals surface area (Å²) < 4.78 is 0. The Balaban J connectivity index is 1.98. The first-order chi connectivity index (χ1) is 12.3. The third kappa shape index (κ3) is 4.46. The van der Waals surface area contributed by atoms with Crippen LogP contribution in [-0.2, 0) is 0 Å². The van der Waals surface area contributed by atoms with Crippen LogP contribution < -0.4 is 21.1 Å². The quantitative estimate of drug-likeness (QED) is 0.321. The molecule has 0 spiro atoms. The van der Waals surface area contributed by atoms with Crippen molar-refractivity contribution in [3.8, 4) is 0 Å². The number of nitrogens with zero attached hydrogens (tertiary/aromatic N) is 1. The molecule has 3 aromatic carbocycles. The second-order valence-electron chi connectivity index (χ2n) is 5.67.